The van der Waals surface area contributed by atoms with Crippen molar-refractivity contribution in [3.8, 4) is 0 Å². The van der Waals surface area contributed by atoms with Crippen LogP contribution in [0.15, 0.2) is 29.2 Å². The van der Waals surface area contributed by atoms with Crippen LogP contribution in [-0.4, -0.2) is 6.26 Å². The van der Waals surface area contributed by atoms with Gasteiger partial charge in [0.25, 0.3) is 0 Å². The second kappa shape index (κ2) is 2.92. The van der Waals surface area contributed by atoms with Crippen molar-refractivity contribution in [1.29, 1.82) is 0 Å². The predicted octanol–water partition coefficient (Wildman–Crippen LogP) is 1.80. The Bertz CT molecular complexity index is 176. The zero-order valence-electron chi connectivity index (χ0n) is 5.76. The first-order valence-corrected chi connectivity index (χ1v) is 4.33. The van der Waals surface area contributed by atoms with E-state index >= 15 is 0 Å². The molecule has 0 fully saturated rings. The summed E-state index contributed by atoms with van der Waals surface area (Å²) < 4.78 is 0. The van der Waals surface area contributed by atoms with Crippen molar-refractivity contribution >= 4 is 11.8 Å². The fourth-order valence-electron chi connectivity index (χ4n) is 0.694. The van der Waals surface area contributed by atoms with Crippen molar-refractivity contribution in [3.05, 3.63) is 29.8 Å². The largest absolute Gasteiger partial charge is 0.152 e. The van der Waals surface area contributed by atoms with E-state index in [2.05, 4.69) is 37.4 Å². The van der Waals surface area contributed by atoms with Gasteiger partial charge in [-0.1, -0.05) is 17.7 Å². The highest BCUT2D eigenvalue weighted by atomic mass is 32.2. The third kappa shape index (κ3) is 1.75. The van der Waals surface area contributed by atoms with Crippen LogP contribution in [0.5, 0.6) is 0 Å². The molecule has 0 amide bonds. The van der Waals surface area contributed by atoms with E-state index in [4.69, 9.17) is 0 Å². The molecule has 0 saturated carbocycles. The lowest BCUT2D eigenvalue weighted by molar-refractivity contribution is 1.38. The molecule has 0 aliphatic rings. The van der Waals surface area contributed by atoms with Gasteiger partial charge in [-0.2, -0.15) is 0 Å². The predicted molar refractivity (Wildman–Crippen MR) is 44.1 cm³/mol. The summed E-state index contributed by atoms with van der Waals surface area (Å²) in [5, 5.41) is 0. The molecule has 1 aromatic rings. The lowest BCUT2D eigenvalue weighted by Crippen LogP contribution is -1.77. The molecule has 0 unspecified atom stereocenters. The summed E-state index contributed by atoms with van der Waals surface area (Å²) in [5.41, 5.74) is 1.34. The highest BCUT2D eigenvalue weighted by Gasteiger charge is 1.92. The molecule has 0 radical (unpaired) electrons. The molecule has 0 heterocycles. The van der Waals surface area contributed by atoms with Gasteiger partial charge >= 0.3 is 0 Å². The maximum Gasteiger partial charge on any atom is 0.152 e. The minimum absolute atomic E-state index is 1.34. The Hall–Kier alpha value is -0.430. The average Bonchev–Trinajstić information content (AvgIpc) is 1.90. The number of hydrogen-bond donors (Lipinski definition) is 0. The van der Waals surface area contributed by atoms with Crippen LogP contribution in [-0.2, 0) is 11.8 Å². The number of rotatable bonds is 1. The SMILES string of the molecule is C[SH+]c1ccc(C)cc1. The summed E-state index contributed by atoms with van der Waals surface area (Å²) in [7, 11) is 0. The van der Waals surface area contributed by atoms with E-state index in [1.54, 1.807) is 0 Å². The first-order valence-electron chi connectivity index (χ1n) is 2.99. The first kappa shape index (κ1) is 6.69. The van der Waals surface area contributed by atoms with E-state index in [0.29, 0.717) is 0 Å². The molecular weight excluding hydrogens is 128 g/mol. The molecule has 1 heteroatoms. The van der Waals surface area contributed by atoms with Crippen molar-refractivity contribution in [2.24, 2.45) is 0 Å². The number of hydrogen-bond acceptors (Lipinski definition) is 0. The quantitative estimate of drug-likeness (QED) is 0.411. The number of aryl methyl sites for hydroxylation is 1. The molecule has 0 atom stereocenters. The van der Waals surface area contributed by atoms with Gasteiger partial charge in [0, 0.05) is 11.8 Å². The van der Waals surface area contributed by atoms with Crippen molar-refractivity contribution < 1.29 is 0 Å². The van der Waals surface area contributed by atoms with Crippen molar-refractivity contribution in [2.45, 2.75) is 11.8 Å². The third-order valence-corrected chi connectivity index (χ3v) is 2.11. The summed E-state index contributed by atoms with van der Waals surface area (Å²) in [5.74, 6) is 0. The van der Waals surface area contributed by atoms with E-state index < -0.39 is 0 Å². The maximum atomic E-state index is 2.16. The summed E-state index contributed by atoms with van der Waals surface area (Å²) in [6.07, 6.45) is 2.14. The zero-order valence-corrected chi connectivity index (χ0v) is 6.65. The van der Waals surface area contributed by atoms with Gasteiger partial charge in [0.15, 0.2) is 4.90 Å². The molecule has 0 N–H and O–H groups in total. The fourth-order valence-corrected chi connectivity index (χ4v) is 1.14. The Morgan fingerprint density at radius 3 is 2.11 bits per heavy atom. The first-order chi connectivity index (χ1) is 4.33. The minimum atomic E-state index is 1.34. The van der Waals surface area contributed by atoms with Crippen LogP contribution >= 0.6 is 0 Å². The van der Waals surface area contributed by atoms with Gasteiger partial charge in [-0.05, 0) is 19.1 Å². The number of thiol groups is 1. The normalized spacial score (nSPS) is 9.56. The highest BCUT2D eigenvalue weighted by molar-refractivity contribution is 7.77. The Morgan fingerprint density at radius 2 is 1.67 bits per heavy atom. The Morgan fingerprint density at radius 1 is 1.11 bits per heavy atom. The second-order valence-corrected chi connectivity index (χ2v) is 3.02. The van der Waals surface area contributed by atoms with Crippen LogP contribution in [0.4, 0.5) is 0 Å². The van der Waals surface area contributed by atoms with Gasteiger partial charge in [0.1, 0.15) is 6.26 Å². The zero-order chi connectivity index (χ0) is 6.69. The van der Waals surface area contributed by atoms with Gasteiger partial charge in [-0.3, -0.25) is 0 Å². The summed E-state index contributed by atoms with van der Waals surface area (Å²) in [6.45, 7) is 2.11. The standard InChI is InChI=1S/C8H10S/c1-7-3-5-8(9-2)6-4-7/h3-6H,1-2H3/p+1. The van der Waals surface area contributed by atoms with Crippen molar-refractivity contribution in [3.63, 3.8) is 0 Å². The van der Waals surface area contributed by atoms with Gasteiger partial charge < -0.3 is 0 Å². The molecule has 0 aliphatic carbocycles. The monoisotopic (exact) mass is 139 g/mol. The summed E-state index contributed by atoms with van der Waals surface area (Å²) in [4.78, 5) is 1.39. The van der Waals surface area contributed by atoms with Gasteiger partial charge in [0.05, 0.1) is 0 Å². The Kier molecular flexibility index (Phi) is 2.17. The van der Waals surface area contributed by atoms with Crippen LogP contribution in [0.3, 0.4) is 0 Å². The average molecular weight is 139 g/mol. The number of benzene rings is 1. The van der Waals surface area contributed by atoms with E-state index in [1.807, 2.05) is 0 Å². The molecule has 0 bridgehead atoms. The van der Waals surface area contributed by atoms with Crippen LogP contribution in [0.2, 0.25) is 0 Å². The van der Waals surface area contributed by atoms with Crippen LogP contribution in [0.1, 0.15) is 5.56 Å². The van der Waals surface area contributed by atoms with Gasteiger partial charge in [-0.25, -0.2) is 0 Å². The Labute approximate surface area is 60.3 Å². The molecule has 0 aromatic heterocycles. The topological polar surface area (TPSA) is 0 Å². The molecule has 9 heavy (non-hydrogen) atoms. The fraction of sp³-hybridized carbons (Fsp3) is 0.250. The summed E-state index contributed by atoms with van der Waals surface area (Å²) in [6, 6.07) is 8.62. The molecule has 0 saturated heterocycles. The molecule has 0 nitrogen and oxygen atoms in total. The van der Waals surface area contributed by atoms with Crippen molar-refractivity contribution in [2.75, 3.05) is 6.26 Å². The molecule has 48 valence electrons. The lowest BCUT2D eigenvalue weighted by atomic mass is 10.2. The van der Waals surface area contributed by atoms with Gasteiger partial charge in [0.2, 0.25) is 0 Å². The molecule has 0 spiro atoms. The smallest absolute Gasteiger partial charge is 0.0543 e. The van der Waals surface area contributed by atoms with Crippen LogP contribution in [0.25, 0.3) is 0 Å². The molecular formula is C8H11S+. The maximum absolute atomic E-state index is 2.16. The summed E-state index contributed by atoms with van der Waals surface area (Å²) >= 11 is 1.35. The Balaban J connectivity index is 2.88. The van der Waals surface area contributed by atoms with Crippen LogP contribution in [0, 0.1) is 6.92 Å². The van der Waals surface area contributed by atoms with E-state index in [1.165, 1.54) is 22.2 Å². The highest BCUT2D eigenvalue weighted by Crippen LogP contribution is 2.03. The lowest BCUT2D eigenvalue weighted by Gasteiger charge is -1.88. The minimum Gasteiger partial charge on any atom is -0.0543 e. The van der Waals surface area contributed by atoms with E-state index in [0.717, 1.165) is 0 Å². The van der Waals surface area contributed by atoms with Crippen molar-refractivity contribution in [1.82, 2.24) is 0 Å². The third-order valence-electron chi connectivity index (χ3n) is 1.29. The molecule has 1 aromatic carbocycles. The van der Waals surface area contributed by atoms with Gasteiger partial charge in [-0.15, -0.1) is 0 Å². The molecule has 0 aliphatic heterocycles. The molecule has 1 rings (SSSR count). The van der Waals surface area contributed by atoms with E-state index in [-0.39, 0.29) is 0 Å². The van der Waals surface area contributed by atoms with Crippen LogP contribution < -0.4 is 0 Å². The van der Waals surface area contributed by atoms with E-state index in [9.17, 15) is 0 Å². The second-order valence-electron chi connectivity index (χ2n) is 2.06.